The topological polar surface area (TPSA) is 264 Å². The maximum absolute atomic E-state index is 13.1. The predicted octanol–water partition coefficient (Wildman–Crippen LogP) is 8.57. The van der Waals surface area contributed by atoms with Crippen LogP contribution in [0.5, 0.6) is 0 Å². The molecule has 484 valence electrons. The number of nitrogens with zero attached hydrogens (tertiary/aromatic N) is 2. The second-order valence-electron chi connectivity index (χ2n) is 32.0. The Morgan fingerprint density at radius 2 is 0.919 bits per heavy atom. The summed E-state index contributed by atoms with van der Waals surface area (Å²) >= 11 is 0. The molecule has 20 nitrogen and oxygen atoms in total. The Bertz CT molecular complexity index is 2550. The van der Waals surface area contributed by atoms with Crippen molar-refractivity contribution in [1.82, 2.24) is 9.55 Å². The number of aliphatic hydroxyl groups is 3. The van der Waals surface area contributed by atoms with Crippen LogP contribution in [-0.4, -0.2) is 148 Å². The zero-order valence-corrected chi connectivity index (χ0v) is 53.6. The van der Waals surface area contributed by atoms with Crippen molar-refractivity contribution in [2.45, 2.75) is 235 Å². The third-order valence-electron chi connectivity index (χ3n) is 20.5. The van der Waals surface area contributed by atoms with Crippen molar-refractivity contribution in [3.8, 4) is 0 Å². The van der Waals surface area contributed by atoms with Gasteiger partial charge in [0.25, 0.3) is 0 Å². The van der Waals surface area contributed by atoms with E-state index in [2.05, 4.69) is 4.98 Å². The molecular formula is C66H102N2O18. The molecule has 0 aromatic carbocycles. The van der Waals surface area contributed by atoms with E-state index >= 15 is 0 Å². The van der Waals surface area contributed by atoms with Gasteiger partial charge in [-0.25, -0.2) is 4.98 Å². The minimum atomic E-state index is -1.03. The van der Waals surface area contributed by atoms with Gasteiger partial charge < -0.3 is 58.0 Å². The second kappa shape index (κ2) is 25.0. The average Bonchev–Trinajstić information content (AvgIpc) is 0.906. The molecule has 86 heavy (non-hydrogen) atoms. The van der Waals surface area contributed by atoms with E-state index in [0.717, 1.165) is 83.5 Å². The zero-order valence-electron chi connectivity index (χ0n) is 53.6. The first-order chi connectivity index (χ1) is 40.0. The lowest BCUT2D eigenvalue weighted by Gasteiger charge is -2.58. The van der Waals surface area contributed by atoms with Crippen LogP contribution < -0.4 is 0 Å². The number of rotatable bonds is 12. The Morgan fingerprint density at radius 3 is 1.23 bits per heavy atom. The lowest BCUT2D eigenvalue weighted by atomic mass is 9.48. The van der Waals surface area contributed by atoms with Gasteiger partial charge in [0.15, 0.2) is 11.6 Å². The van der Waals surface area contributed by atoms with Gasteiger partial charge in [0, 0.05) is 17.8 Å². The second-order valence-corrected chi connectivity index (χ2v) is 32.0. The number of aliphatic hydroxyl groups excluding tert-OH is 3. The van der Waals surface area contributed by atoms with Crippen molar-refractivity contribution in [3.05, 3.63) is 18.7 Å². The van der Waals surface area contributed by atoms with Gasteiger partial charge in [0.05, 0.1) is 53.0 Å². The molecule has 20 heteroatoms. The number of carbonyl (C=O) groups excluding carboxylic acids is 6. The molecule has 12 aliphatic carbocycles. The van der Waals surface area contributed by atoms with E-state index in [0.29, 0.717) is 55.6 Å². The summed E-state index contributed by atoms with van der Waals surface area (Å²) in [6, 6.07) is 0. The fourth-order valence-corrected chi connectivity index (χ4v) is 17.2. The maximum Gasteiger partial charge on any atom is 0.312 e. The molecule has 9 unspecified atom stereocenters. The smallest absolute Gasteiger partial charge is 0.312 e. The van der Waals surface area contributed by atoms with Crippen molar-refractivity contribution >= 4 is 35.8 Å². The van der Waals surface area contributed by atoms with Crippen molar-refractivity contribution in [2.75, 3.05) is 39.6 Å². The summed E-state index contributed by atoms with van der Waals surface area (Å²) in [5, 5.41) is 28.6. The number of ether oxygens (including phenoxy) is 9. The summed E-state index contributed by atoms with van der Waals surface area (Å²) < 4.78 is 52.5. The third kappa shape index (κ3) is 14.9. The summed E-state index contributed by atoms with van der Waals surface area (Å²) in [7, 11) is 0. The summed E-state index contributed by atoms with van der Waals surface area (Å²) in [4.78, 5) is 78.5. The van der Waals surface area contributed by atoms with E-state index in [1.54, 1.807) is 12.4 Å². The van der Waals surface area contributed by atoms with Gasteiger partial charge in [-0.2, -0.15) is 0 Å². The number of esters is 5. The van der Waals surface area contributed by atoms with Crippen LogP contribution in [0.2, 0.25) is 0 Å². The van der Waals surface area contributed by atoms with Gasteiger partial charge in [-0.1, -0.05) is 20.8 Å². The van der Waals surface area contributed by atoms with Gasteiger partial charge in [-0.3, -0.25) is 33.3 Å². The first-order valence-corrected chi connectivity index (χ1v) is 32.1. The fraction of sp³-hybridized carbons (Fsp3) is 0.864. The molecule has 0 spiro atoms. The molecule has 14 aliphatic rings. The highest BCUT2D eigenvalue weighted by Gasteiger charge is 2.63. The first kappa shape index (κ1) is 66.4. The molecule has 0 radical (unpaired) electrons. The minimum Gasteiger partial charge on any atom is -0.462 e. The molecule has 15 rings (SSSR count). The molecule has 3 heterocycles. The average molecular weight is 1210 g/mol. The summed E-state index contributed by atoms with van der Waals surface area (Å²) in [6.45, 7) is 25.2. The largest absolute Gasteiger partial charge is 0.462 e. The lowest BCUT2D eigenvalue weighted by Crippen LogP contribution is -2.58. The highest BCUT2D eigenvalue weighted by molar-refractivity contribution is 5.83. The quantitative estimate of drug-likeness (QED) is 0.131. The number of hydrogen-bond donors (Lipinski definition) is 3. The van der Waals surface area contributed by atoms with Crippen molar-refractivity contribution in [3.63, 3.8) is 0 Å². The van der Waals surface area contributed by atoms with E-state index in [9.17, 15) is 39.0 Å². The molecule has 3 N–H and O–H groups in total. The summed E-state index contributed by atoms with van der Waals surface area (Å²) in [5.41, 5.74) is -2.61. The normalized spacial score (nSPS) is 38.2. The SMILES string of the molecule is CC(C)(C)C(=O)OC1C2CC3CC1CC(C(=O)OCC(O)CO)(C3)C2.CC(C)(C)C(=O)n1ccnc1.CC1(C)OCC(COC(=O)C23CC4CC(C2)C(O)C(C4)C3)O1.CC1(C)OCC(COC(=O)C23CC4CC(C2)C(OC(=O)C(C)(C)C)C(C4)C3)O1. The highest BCUT2D eigenvalue weighted by atomic mass is 16.8. The monoisotopic (exact) mass is 1210 g/mol. The van der Waals surface area contributed by atoms with Crippen LogP contribution in [-0.2, 0) is 66.6 Å². The Labute approximate surface area is 508 Å². The molecule has 12 saturated carbocycles. The van der Waals surface area contributed by atoms with Crippen molar-refractivity contribution in [2.24, 2.45) is 85.8 Å². The molecule has 0 amide bonds. The highest BCUT2D eigenvalue weighted by Crippen LogP contribution is 2.64. The molecule has 14 fully saturated rings. The third-order valence-corrected chi connectivity index (χ3v) is 20.5. The van der Waals surface area contributed by atoms with Crippen LogP contribution in [0.3, 0.4) is 0 Å². The van der Waals surface area contributed by atoms with Gasteiger partial charge in [-0.15, -0.1) is 0 Å². The van der Waals surface area contributed by atoms with Gasteiger partial charge in [-0.05, 0) is 219 Å². The Morgan fingerprint density at radius 1 is 0.558 bits per heavy atom. The number of aromatic nitrogens is 2. The minimum absolute atomic E-state index is 0.0448. The van der Waals surface area contributed by atoms with Gasteiger partial charge in [0.2, 0.25) is 5.91 Å². The van der Waals surface area contributed by atoms with Crippen LogP contribution in [0, 0.1) is 85.8 Å². The molecular weight excluding hydrogens is 1110 g/mol. The van der Waals surface area contributed by atoms with Crippen molar-refractivity contribution < 1.29 is 86.7 Å². The molecule has 1 aromatic rings. The Kier molecular flexibility index (Phi) is 19.3. The molecule has 9 atom stereocenters. The first-order valence-electron chi connectivity index (χ1n) is 32.1. The number of carbonyl (C=O) groups is 6. The van der Waals surface area contributed by atoms with E-state index in [4.69, 9.17) is 47.7 Å². The standard InChI is InChI=1S/C22H34O6.C19H30O6.C17H26O5.C8H12N2O/c1-20(2,3)18(23)27-17-14-6-13-7-15(17)10-22(8-13,9-14)19(24)25-11-16-12-26-21(4,5)28-16;1-18(2,3)16(22)25-15-12-4-11-5-13(15)8-19(6-11,7-12)17(23)24-10-14(21)9-20;1-16(2)21-9-13(22-16)8-20-15(19)17-5-10-3-11(6-17)14(18)12(4-10)7-17;1-8(2,3)7(11)10-5-4-9-6-10/h13-17H,6-12H2,1-5H3;11-15,20-21H,4-10H2,1-3H3;10-14,18H,3-9H2,1-2H3;4-6H,1-3H3. The molecule has 2 saturated heterocycles. The molecule has 1 aromatic heterocycles. The number of hydrogen-bond acceptors (Lipinski definition) is 19. The molecule has 2 aliphatic heterocycles. The molecule has 12 bridgehead atoms. The lowest BCUT2D eigenvalue weighted by molar-refractivity contribution is -0.202. The number of imidazole rings is 1. The van der Waals surface area contributed by atoms with Crippen LogP contribution in [0.1, 0.15) is 191 Å². The van der Waals surface area contributed by atoms with E-state index in [-0.39, 0.29) is 121 Å². The van der Waals surface area contributed by atoms with Crippen molar-refractivity contribution in [1.29, 1.82) is 0 Å². The van der Waals surface area contributed by atoms with Crippen LogP contribution >= 0.6 is 0 Å². The summed E-state index contributed by atoms with van der Waals surface area (Å²) in [5.74, 6) is 1.32. The Balaban J connectivity index is 0.000000142. The fourth-order valence-electron chi connectivity index (χ4n) is 17.2. The van der Waals surface area contributed by atoms with E-state index in [1.807, 2.05) is 90.0 Å². The van der Waals surface area contributed by atoms with Gasteiger partial charge in [0.1, 0.15) is 56.7 Å². The van der Waals surface area contributed by atoms with Crippen LogP contribution in [0.4, 0.5) is 0 Å². The predicted molar refractivity (Wildman–Crippen MR) is 311 cm³/mol. The zero-order chi connectivity index (χ0) is 62.7. The van der Waals surface area contributed by atoms with Crippen LogP contribution in [0.25, 0.3) is 0 Å². The van der Waals surface area contributed by atoms with E-state index < -0.39 is 45.9 Å². The maximum atomic E-state index is 13.1. The van der Waals surface area contributed by atoms with E-state index in [1.165, 1.54) is 10.9 Å². The van der Waals surface area contributed by atoms with Crippen LogP contribution in [0.15, 0.2) is 18.7 Å². The van der Waals surface area contributed by atoms with Gasteiger partial charge >= 0.3 is 29.8 Å². The Hall–Kier alpha value is -4.05. The summed E-state index contributed by atoms with van der Waals surface area (Å²) in [6.07, 6.45) is 16.5.